The molecule has 0 atom stereocenters. The number of halogens is 1. The Morgan fingerprint density at radius 2 is 2.00 bits per heavy atom. The maximum Gasteiger partial charge on any atom is 0.335 e. The first-order chi connectivity index (χ1) is 12.3. The van der Waals surface area contributed by atoms with E-state index in [-0.39, 0.29) is 21.2 Å². The van der Waals surface area contributed by atoms with Crippen LogP contribution in [0, 0.1) is 17.0 Å². The zero-order valence-corrected chi connectivity index (χ0v) is 14.9. The molecule has 9 heteroatoms. The Hall–Kier alpha value is -2.97. The molecule has 0 saturated carbocycles. The van der Waals surface area contributed by atoms with Crippen LogP contribution in [0.25, 0.3) is 10.1 Å². The maximum atomic E-state index is 12.6. The highest BCUT2D eigenvalue weighted by Gasteiger charge is 2.23. The summed E-state index contributed by atoms with van der Waals surface area (Å²) >= 11 is 7.19. The van der Waals surface area contributed by atoms with E-state index in [1.54, 1.807) is 13.0 Å². The van der Waals surface area contributed by atoms with Gasteiger partial charge in [0.1, 0.15) is 9.58 Å². The number of nitro benzene ring substituents is 1. The molecule has 1 heterocycles. The Kier molecular flexibility index (Phi) is 4.62. The quantitative estimate of drug-likeness (QED) is 0.494. The molecule has 0 aliphatic carbocycles. The zero-order valence-electron chi connectivity index (χ0n) is 13.3. The van der Waals surface area contributed by atoms with Crippen molar-refractivity contribution in [1.29, 1.82) is 0 Å². The van der Waals surface area contributed by atoms with Gasteiger partial charge in [-0.15, -0.1) is 11.3 Å². The molecule has 0 unspecified atom stereocenters. The number of carboxylic acids is 1. The Balaban J connectivity index is 1.98. The number of non-ortho nitro benzene ring substituents is 1. The number of aryl methyl sites for hydroxylation is 1. The minimum Gasteiger partial charge on any atom is -0.478 e. The van der Waals surface area contributed by atoms with Gasteiger partial charge in [0, 0.05) is 17.1 Å². The fourth-order valence-corrected chi connectivity index (χ4v) is 3.97. The number of fused-ring (bicyclic) bond motifs is 1. The van der Waals surface area contributed by atoms with Crippen LogP contribution in [0.3, 0.4) is 0 Å². The summed E-state index contributed by atoms with van der Waals surface area (Å²) in [5.41, 5.74) is 0.996. The molecule has 3 aromatic rings. The van der Waals surface area contributed by atoms with Gasteiger partial charge in [-0.3, -0.25) is 14.9 Å². The van der Waals surface area contributed by atoms with Gasteiger partial charge in [0.15, 0.2) is 0 Å². The van der Waals surface area contributed by atoms with Gasteiger partial charge in [-0.05, 0) is 30.7 Å². The summed E-state index contributed by atoms with van der Waals surface area (Å²) in [6.07, 6.45) is 0. The van der Waals surface area contributed by atoms with Gasteiger partial charge in [-0.1, -0.05) is 23.7 Å². The maximum absolute atomic E-state index is 12.6. The van der Waals surface area contributed by atoms with Crippen LogP contribution in [-0.2, 0) is 0 Å². The first-order valence-electron chi connectivity index (χ1n) is 7.30. The molecule has 0 aliphatic heterocycles. The minimum atomic E-state index is -1.06. The summed E-state index contributed by atoms with van der Waals surface area (Å²) in [6.45, 7) is 1.67. The molecule has 0 saturated heterocycles. The number of nitrogens with zero attached hydrogens (tertiary/aromatic N) is 1. The normalized spacial score (nSPS) is 10.7. The molecule has 26 heavy (non-hydrogen) atoms. The van der Waals surface area contributed by atoms with Crippen LogP contribution in [0.1, 0.15) is 25.6 Å². The van der Waals surface area contributed by atoms with Gasteiger partial charge in [0.25, 0.3) is 11.6 Å². The lowest BCUT2D eigenvalue weighted by atomic mass is 10.1. The number of aromatic carboxylic acids is 1. The highest BCUT2D eigenvalue weighted by Crippen LogP contribution is 2.40. The number of benzene rings is 2. The van der Waals surface area contributed by atoms with E-state index in [0.717, 1.165) is 11.3 Å². The number of carbonyl (C=O) groups excluding carboxylic acids is 1. The molecule has 0 fully saturated rings. The lowest BCUT2D eigenvalue weighted by Gasteiger charge is -2.08. The summed E-state index contributed by atoms with van der Waals surface area (Å²) < 4.78 is 0.325. The van der Waals surface area contributed by atoms with Crippen molar-refractivity contribution in [1.82, 2.24) is 0 Å². The lowest BCUT2D eigenvalue weighted by molar-refractivity contribution is -0.382. The summed E-state index contributed by atoms with van der Waals surface area (Å²) in [5.74, 6) is -1.58. The number of amides is 1. The topological polar surface area (TPSA) is 110 Å². The van der Waals surface area contributed by atoms with Gasteiger partial charge < -0.3 is 10.4 Å². The zero-order chi connectivity index (χ0) is 19.0. The van der Waals surface area contributed by atoms with E-state index < -0.39 is 16.8 Å². The second-order valence-corrected chi connectivity index (χ2v) is 6.84. The summed E-state index contributed by atoms with van der Waals surface area (Å²) in [4.78, 5) is 34.3. The number of carbonyl (C=O) groups is 2. The van der Waals surface area contributed by atoms with Gasteiger partial charge in [-0.25, -0.2) is 4.79 Å². The van der Waals surface area contributed by atoms with Crippen LogP contribution in [0.5, 0.6) is 0 Å². The summed E-state index contributed by atoms with van der Waals surface area (Å²) in [6, 6.07) is 8.78. The largest absolute Gasteiger partial charge is 0.478 e. The second kappa shape index (κ2) is 6.74. The summed E-state index contributed by atoms with van der Waals surface area (Å²) in [7, 11) is 0. The van der Waals surface area contributed by atoms with Gasteiger partial charge in [-0.2, -0.15) is 0 Å². The highest BCUT2D eigenvalue weighted by molar-refractivity contribution is 7.22. The minimum absolute atomic E-state index is 0.107. The molecule has 0 radical (unpaired) electrons. The first kappa shape index (κ1) is 17.8. The third-order valence-electron chi connectivity index (χ3n) is 3.76. The predicted octanol–water partition coefficient (Wildman–Crippen LogP) is 4.72. The molecular formula is C17H11ClN2O5S. The van der Waals surface area contributed by atoms with E-state index >= 15 is 0 Å². The average Bonchev–Trinajstić information content (AvgIpc) is 2.93. The molecule has 7 nitrogen and oxygen atoms in total. The van der Waals surface area contributed by atoms with E-state index in [1.807, 2.05) is 0 Å². The molecule has 2 N–H and O–H groups in total. The van der Waals surface area contributed by atoms with Crippen molar-refractivity contribution in [2.24, 2.45) is 0 Å². The fourth-order valence-electron chi connectivity index (χ4n) is 2.48. The second-order valence-electron chi connectivity index (χ2n) is 5.45. The number of hydrogen-bond acceptors (Lipinski definition) is 5. The molecule has 1 amide bonds. The third-order valence-corrected chi connectivity index (χ3v) is 5.49. The number of thiophene rings is 1. The standard InChI is InChI=1S/C17H11ClN2O5S/c1-8-7-9(17(22)23)5-6-11(8)19-16(21)15-13(18)10-3-2-4-12(20(24)25)14(10)26-15/h2-7H,1H3,(H,19,21)(H,22,23). The summed E-state index contributed by atoms with van der Waals surface area (Å²) in [5, 5.41) is 23.4. The number of carboxylic acid groups (broad SMARTS) is 1. The molecule has 0 bridgehead atoms. The van der Waals surface area contributed by atoms with Crippen molar-refractivity contribution in [3.8, 4) is 0 Å². The van der Waals surface area contributed by atoms with E-state index in [1.165, 1.54) is 30.3 Å². The smallest absolute Gasteiger partial charge is 0.335 e. The van der Waals surface area contributed by atoms with Crippen LogP contribution in [-0.4, -0.2) is 21.9 Å². The third kappa shape index (κ3) is 3.12. The lowest BCUT2D eigenvalue weighted by Crippen LogP contribution is -2.12. The molecule has 0 spiro atoms. The number of nitro groups is 1. The number of hydrogen-bond donors (Lipinski definition) is 2. The van der Waals surface area contributed by atoms with Crippen LogP contribution in [0.2, 0.25) is 5.02 Å². The van der Waals surface area contributed by atoms with E-state index in [0.29, 0.717) is 21.3 Å². The Bertz CT molecular complexity index is 1080. The Labute approximate surface area is 156 Å². The first-order valence-corrected chi connectivity index (χ1v) is 8.49. The van der Waals surface area contributed by atoms with E-state index in [9.17, 15) is 19.7 Å². The van der Waals surface area contributed by atoms with Crippen LogP contribution >= 0.6 is 22.9 Å². The van der Waals surface area contributed by atoms with Gasteiger partial charge in [0.2, 0.25) is 0 Å². The van der Waals surface area contributed by atoms with Crippen molar-refractivity contribution in [3.63, 3.8) is 0 Å². The number of anilines is 1. The van der Waals surface area contributed by atoms with Crippen molar-refractivity contribution in [2.75, 3.05) is 5.32 Å². The molecule has 2 aromatic carbocycles. The van der Waals surface area contributed by atoms with Crippen molar-refractivity contribution in [2.45, 2.75) is 6.92 Å². The van der Waals surface area contributed by atoms with E-state index in [4.69, 9.17) is 16.7 Å². The molecule has 0 aliphatic rings. The van der Waals surface area contributed by atoms with Gasteiger partial charge in [0.05, 0.1) is 15.5 Å². The van der Waals surface area contributed by atoms with Crippen LogP contribution in [0.15, 0.2) is 36.4 Å². The average molecular weight is 391 g/mol. The van der Waals surface area contributed by atoms with Crippen LogP contribution < -0.4 is 5.32 Å². The number of rotatable bonds is 4. The van der Waals surface area contributed by atoms with Crippen molar-refractivity contribution < 1.29 is 19.6 Å². The number of nitrogens with one attached hydrogen (secondary N) is 1. The van der Waals surface area contributed by atoms with Crippen LogP contribution in [0.4, 0.5) is 11.4 Å². The van der Waals surface area contributed by atoms with E-state index in [2.05, 4.69) is 5.32 Å². The monoisotopic (exact) mass is 390 g/mol. The van der Waals surface area contributed by atoms with Crippen molar-refractivity contribution in [3.05, 3.63) is 67.5 Å². The Morgan fingerprint density at radius 3 is 2.62 bits per heavy atom. The fraction of sp³-hybridized carbons (Fsp3) is 0.0588. The predicted molar refractivity (Wildman–Crippen MR) is 99.6 cm³/mol. The van der Waals surface area contributed by atoms with Crippen molar-refractivity contribution >= 4 is 56.3 Å². The molecule has 132 valence electrons. The Morgan fingerprint density at radius 1 is 1.27 bits per heavy atom. The molecular weight excluding hydrogens is 380 g/mol. The van der Waals surface area contributed by atoms with Gasteiger partial charge >= 0.3 is 5.97 Å². The molecule has 3 rings (SSSR count). The molecule has 1 aromatic heterocycles. The SMILES string of the molecule is Cc1cc(C(=O)O)ccc1NC(=O)c1sc2c([N+](=O)[O-])cccc2c1Cl. The highest BCUT2D eigenvalue weighted by atomic mass is 35.5.